The number of aryl methyl sites for hydroxylation is 2. The minimum Gasteiger partial charge on any atom is -0.492 e. The molecule has 3 heteroatoms. The van der Waals surface area contributed by atoms with Gasteiger partial charge in [-0.15, -0.1) is 0 Å². The van der Waals surface area contributed by atoms with Crippen LogP contribution in [0.15, 0.2) is 48.7 Å². The molecule has 0 atom stereocenters. The number of ketones is 1. The normalized spacial score (nSPS) is 11.0. The summed E-state index contributed by atoms with van der Waals surface area (Å²) in [5.74, 6) is 1.07. The standard InChI is InChI=1S/C21H23NO2/c1-4-21(23)19-14-22(20-8-6-5-7-18(19)20)11-12-24-17-10-9-15(2)16(3)13-17/h5-10,13-14H,4,11-12H2,1-3H3. The summed E-state index contributed by atoms with van der Waals surface area (Å²) in [5, 5.41) is 1.02. The maximum atomic E-state index is 12.2. The van der Waals surface area contributed by atoms with Crippen molar-refractivity contribution in [3.05, 3.63) is 65.4 Å². The predicted octanol–water partition coefficient (Wildman–Crippen LogP) is 4.93. The number of nitrogens with zero attached hydrogens (tertiary/aromatic N) is 1. The van der Waals surface area contributed by atoms with Gasteiger partial charge in [-0.05, 0) is 43.2 Å². The first-order valence-electron chi connectivity index (χ1n) is 8.41. The number of para-hydroxylation sites is 1. The molecule has 0 aliphatic heterocycles. The topological polar surface area (TPSA) is 31.2 Å². The highest BCUT2D eigenvalue weighted by Gasteiger charge is 2.13. The summed E-state index contributed by atoms with van der Waals surface area (Å²) in [6.45, 7) is 7.37. The maximum Gasteiger partial charge on any atom is 0.164 e. The number of rotatable bonds is 6. The van der Waals surface area contributed by atoms with Crippen LogP contribution >= 0.6 is 0 Å². The van der Waals surface area contributed by atoms with Gasteiger partial charge in [-0.1, -0.05) is 31.2 Å². The molecule has 0 aliphatic carbocycles. The number of Topliss-reactive ketones (excluding diaryl/α,β-unsaturated/α-hetero) is 1. The van der Waals surface area contributed by atoms with Gasteiger partial charge in [0.05, 0.1) is 6.54 Å². The SMILES string of the molecule is CCC(=O)c1cn(CCOc2ccc(C)c(C)c2)c2ccccc12. The molecule has 0 amide bonds. The Kier molecular flexibility index (Phi) is 4.70. The van der Waals surface area contributed by atoms with E-state index in [0.29, 0.717) is 19.6 Å². The van der Waals surface area contributed by atoms with Crippen LogP contribution in [-0.4, -0.2) is 17.0 Å². The Bertz CT molecular complexity index is 877. The van der Waals surface area contributed by atoms with Crippen molar-refractivity contribution in [2.45, 2.75) is 33.7 Å². The first kappa shape index (κ1) is 16.3. The van der Waals surface area contributed by atoms with Crippen molar-refractivity contribution >= 4 is 16.7 Å². The Morgan fingerprint density at radius 2 is 1.88 bits per heavy atom. The Labute approximate surface area is 142 Å². The van der Waals surface area contributed by atoms with E-state index in [-0.39, 0.29) is 5.78 Å². The van der Waals surface area contributed by atoms with Crippen molar-refractivity contribution in [2.24, 2.45) is 0 Å². The van der Waals surface area contributed by atoms with E-state index in [1.165, 1.54) is 11.1 Å². The molecule has 0 aliphatic rings. The molecule has 0 fully saturated rings. The van der Waals surface area contributed by atoms with Gasteiger partial charge in [0.2, 0.25) is 0 Å². The van der Waals surface area contributed by atoms with Gasteiger partial charge < -0.3 is 9.30 Å². The number of hydrogen-bond donors (Lipinski definition) is 0. The number of fused-ring (bicyclic) bond motifs is 1. The lowest BCUT2D eigenvalue weighted by Gasteiger charge is -2.10. The lowest BCUT2D eigenvalue weighted by Crippen LogP contribution is -2.07. The van der Waals surface area contributed by atoms with Gasteiger partial charge >= 0.3 is 0 Å². The van der Waals surface area contributed by atoms with Crippen molar-refractivity contribution in [1.82, 2.24) is 4.57 Å². The zero-order valence-corrected chi connectivity index (χ0v) is 14.5. The Balaban J connectivity index is 1.77. The molecule has 3 nitrogen and oxygen atoms in total. The fraction of sp³-hybridized carbons (Fsp3) is 0.286. The molecular weight excluding hydrogens is 298 g/mol. The van der Waals surface area contributed by atoms with E-state index < -0.39 is 0 Å². The fourth-order valence-electron chi connectivity index (χ4n) is 2.91. The molecule has 0 bridgehead atoms. The Hall–Kier alpha value is -2.55. The molecule has 0 N–H and O–H groups in total. The number of hydrogen-bond acceptors (Lipinski definition) is 2. The van der Waals surface area contributed by atoms with Crippen LogP contribution in [0.2, 0.25) is 0 Å². The van der Waals surface area contributed by atoms with Crippen molar-refractivity contribution in [1.29, 1.82) is 0 Å². The van der Waals surface area contributed by atoms with E-state index in [0.717, 1.165) is 22.2 Å². The molecule has 3 aromatic rings. The largest absolute Gasteiger partial charge is 0.492 e. The van der Waals surface area contributed by atoms with Gasteiger partial charge in [-0.2, -0.15) is 0 Å². The summed E-state index contributed by atoms with van der Waals surface area (Å²) in [7, 11) is 0. The van der Waals surface area contributed by atoms with Gasteiger partial charge in [-0.3, -0.25) is 4.79 Å². The van der Waals surface area contributed by atoms with Crippen LogP contribution in [0.3, 0.4) is 0 Å². The van der Waals surface area contributed by atoms with E-state index in [9.17, 15) is 4.79 Å². The second-order valence-electron chi connectivity index (χ2n) is 6.12. The molecule has 124 valence electrons. The van der Waals surface area contributed by atoms with Crippen LogP contribution < -0.4 is 4.74 Å². The smallest absolute Gasteiger partial charge is 0.164 e. The van der Waals surface area contributed by atoms with Gasteiger partial charge in [0.25, 0.3) is 0 Å². The van der Waals surface area contributed by atoms with Crippen LogP contribution in [0, 0.1) is 13.8 Å². The molecule has 0 spiro atoms. The van der Waals surface area contributed by atoms with E-state index in [1.807, 2.05) is 37.4 Å². The highest BCUT2D eigenvalue weighted by atomic mass is 16.5. The zero-order chi connectivity index (χ0) is 17.1. The number of aromatic nitrogens is 1. The first-order valence-corrected chi connectivity index (χ1v) is 8.41. The van der Waals surface area contributed by atoms with Crippen LogP contribution in [0.4, 0.5) is 0 Å². The van der Waals surface area contributed by atoms with Crippen LogP contribution in [0.25, 0.3) is 10.9 Å². The summed E-state index contributed by atoms with van der Waals surface area (Å²) in [6.07, 6.45) is 2.48. The summed E-state index contributed by atoms with van der Waals surface area (Å²) in [6, 6.07) is 14.2. The minimum absolute atomic E-state index is 0.181. The summed E-state index contributed by atoms with van der Waals surface area (Å²) >= 11 is 0. The monoisotopic (exact) mass is 321 g/mol. The van der Waals surface area contributed by atoms with Crippen LogP contribution in [-0.2, 0) is 6.54 Å². The number of carbonyl (C=O) groups is 1. The third kappa shape index (κ3) is 3.21. The zero-order valence-electron chi connectivity index (χ0n) is 14.5. The summed E-state index contributed by atoms with van der Waals surface area (Å²) in [5.41, 5.74) is 4.38. The fourth-order valence-corrected chi connectivity index (χ4v) is 2.91. The van der Waals surface area contributed by atoms with E-state index in [2.05, 4.69) is 36.6 Å². The summed E-state index contributed by atoms with van der Waals surface area (Å²) < 4.78 is 8.00. The second-order valence-corrected chi connectivity index (χ2v) is 6.12. The lowest BCUT2D eigenvalue weighted by molar-refractivity contribution is 0.0989. The highest BCUT2D eigenvalue weighted by molar-refractivity contribution is 6.07. The maximum absolute atomic E-state index is 12.2. The third-order valence-electron chi connectivity index (χ3n) is 4.49. The Morgan fingerprint density at radius 3 is 2.62 bits per heavy atom. The van der Waals surface area contributed by atoms with Crippen molar-refractivity contribution < 1.29 is 9.53 Å². The van der Waals surface area contributed by atoms with Gasteiger partial charge in [0.1, 0.15) is 12.4 Å². The molecule has 1 heterocycles. The highest BCUT2D eigenvalue weighted by Crippen LogP contribution is 2.23. The molecular formula is C21H23NO2. The number of carbonyl (C=O) groups excluding carboxylic acids is 1. The summed E-state index contributed by atoms with van der Waals surface area (Å²) in [4.78, 5) is 12.2. The second kappa shape index (κ2) is 6.91. The molecule has 2 aromatic carbocycles. The molecule has 0 saturated heterocycles. The van der Waals surface area contributed by atoms with E-state index >= 15 is 0 Å². The predicted molar refractivity (Wildman–Crippen MR) is 98.0 cm³/mol. The molecule has 0 unspecified atom stereocenters. The average molecular weight is 321 g/mol. The molecule has 24 heavy (non-hydrogen) atoms. The third-order valence-corrected chi connectivity index (χ3v) is 4.49. The quantitative estimate of drug-likeness (QED) is 0.603. The average Bonchev–Trinajstić information content (AvgIpc) is 2.96. The minimum atomic E-state index is 0.181. The Morgan fingerprint density at radius 1 is 1.08 bits per heavy atom. The number of benzene rings is 2. The molecule has 3 rings (SSSR count). The van der Waals surface area contributed by atoms with Gasteiger partial charge in [0.15, 0.2) is 5.78 Å². The van der Waals surface area contributed by atoms with Crippen LogP contribution in [0.1, 0.15) is 34.8 Å². The number of ether oxygens (including phenoxy) is 1. The molecule has 0 saturated carbocycles. The van der Waals surface area contributed by atoms with Gasteiger partial charge in [0, 0.05) is 29.1 Å². The molecule has 1 aromatic heterocycles. The first-order chi connectivity index (χ1) is 11.6. The van der Waals surface area contributed by atoms with E-state index in [1.54, 1.807) is 0 Å². The lowest BCUT2D eigenvalue weighted by atomic mass is 10.1. The van der Waals surface area contributed by atoms with Crippen molar-refractivity contribution in [3.8, 4) is 5.75 Å². The van der Waals surface area contributed by atoms with E-state index in [4.69, 9.17) is 4.74 Å². The van der Waals surface area contributed by atoms with Crippen LogP contribution in [0.5, 0.6) is 5.75 Å². The van der Waals surface area contributed by atoms with Crippen molar-refractivity contribution in [2.75, 3.05) is 6.61 Å². The van der Waals surface area contributed by atoms with Gasteiger partial charge in [-0.25, -0.2) is 0 Å². The van der Waals surface area contributed by atoms with Crippen molar-refractivity contribution in [3.63, 3.8) is 0 Å². The molecule has 0 radical (unpaired) electrons.